The van der Waals surface area contributed by atoms with E-state index in [2.05, 4.69) is 75.4 Å². The molecule has 2 N–H and O–H groups in total. The van der Waals surface area contributed by atoms with Crippen LogP contribution in [0.4, 0.5) is 11.4 Å². The Labute approximate surface area is 230 Å². The molecule has 36 heavy (non-hydrogen) atoms. The van der Waals surface area contributed by atoms with Crippen LogP contribution in [0.3, 0.4) is 0 Å². The molecule has 7 nitrogen and oxygen atoms in total. The lowest BCUT2D eigenvalue weighted by Gasteiger charge is -2.22. The van der Waals surface area contributed by atoms with E-state index in [0.29, 0.717) is 40.1 Å². The number of aromatic nitrogens is 4. The highest BCUT2D eigenvalue weighted by Crippen LogP contribution is 2.38. The molecule has 4 aromatic rings. The Hall–Kier alpha value is -2.90. The molecule has 184 valence electrons. The number of benzene rings is 2. The van der Waals surface area contributed by atoms with E-state index in [-0.39, 0.29) is 5.41 Å². The molecule has 1 aliphatic carbocycles. The first-order valence-corrected chi connectivity index (χ1v) is 13.3. The summed E-state index contributed by atoms with van der Waals surface area (Å²) in [6, 6.07) is 12.3. The van der Waals surface area contributed by atoms with E-state index in [9.17, 15) is 6.63 Å². The van der Waals surface area contributed by atoms with Crippen molar-refractivity contribution >= 4 is 56.5 Å². The predicted molar refractivity (Wildman–Crippen MR) is 152 cm³/mol. The maximum Gasteiger partial charge on any atom is 0.110 e. The van der Waals surface area contributed by atoms with Crippen molar-refractivity contribution in [2.24, 2.45) is 5.41 Å². The van der Waals surface area contributed by atoms with Crippen LogP contribution in [-0.2, 0) is 0 Å². The van der Waals surface area contributed by atoms with Gasteiger partial charge in [-0.15, -0.1) is 5.10 Å². The third-order valence-corrected chi connectivity index (χ3v) is 7.09. The van der Waals surface area contributed by atoms with Gasteiger partial charge in [0, 0.05) is 32.4 Å². The third kappa shape index (κ3) is 5.27. The van der Waals surface area contributed by atoms with Crippen molar-refractivity contribution < 1.29 is 1.37 Å². The van der Waals surface area contributed by atoms with Crippen molar-refractivity contribution in [1.82, 2.24) is 20.0 Å². The molecule has 5 rings (SSSR count). The van der Waals surface area contributed by atoms with E-state index >= 15 is 0 Å². The molecule has 0 bridgehead atoms. The first-order valence-electron chi connectivity index (χ1n) is 12.3. The number of rotatable bonds is 7. The molecule has 0 aliphatic heterocycles. The SMILES string of the molecule is [2H]C(Nc1cc(I)c2ncc(C#N)c(NCC(C)(C)C)c2c1)(c1cn(C2CC2)nn1)c1ccccc1Cl. The summed E-state index contributed by atoms with van der Waals surface area (Å²) in [5, 5.41) is 26.6. The number of pyridine rings is 1. The van der Waals surface area contributed by atoms with Crippen LogP contribution in [-0.4, -0.2) is 26.5 Å². The van der Waals surface area contributed by atoms with Gasteiger partial charge in [0.2, 0.25) is 0 Å². The first-order chi connectivity index (χ1) is 17.6. The molecule has 1 unspecified atom stereocenters. The Bertz CT molecular complexity index is 1520. The topological polar surface area (TPSA) is 91.5 Å². The van der Waals surface area contributed by atoms with Crippen LogP contribution < -0.4 is 10.6 Å². The molecule has 1 saturated carbocycles. The van der Waals surface area contributed by atoms with Crippen molar-refractivity contribution in [3.8, 4) is 6.07 Å². The molecule has 0 spiro atoms. The van der Waals surface area contributed by atoms with Crippen molar-refractivity contribution in [2.45, 2.75) is 45.7 Å². The van der Waals surface area contributed by atoms with Gasteiger partial charge in [0.1, 0.15) is 11.8 Å². The van der Waals surface area contributed by atoms with Gasteiger partial charge >= 0.3 is 0 Å². The zero-order valence-corrected chi connectivity index (χ0v) is 23.2. The van der Waals surface area contributed by atoms with E-state index in [1.807, 2.05) is 41.2 Å². The Morgan fingerprint density at radius 2 is 2.08 bits per heavy atom. The van der Waals surface area contributed by atoms with Gasteiger partial charge in [-0.05, 0) is 64.6 Å². The highest BCUT2D eigenvalue weighted by Gasteiger charge is 2.28. The zero-order chi connectivity index (χ0) is 26.4. The Morgan fingerprint density at radius 1 is 1.31 bits per heavy atom. The monoisotopic (exact) mass is 612 g/mol. The fourth-order valence-electron chi connectivity index (χ4n) is 3.95. The van der Waals surface area contributed by atoms with Crippen LogP contribution in [0.1, 0.15) is 63.9 Å². The summed E-state index contributed by atoms with van der Waals surface area (Å²) in [4.78, 5) is 4.56. The summed E-state index contributed by atoms with van der Waals surface area (Å²) in [5.41, 5.74) is 3.72. The van der Waals surface area contributed by atoms with Crippen LogP contribution >= 0.6 is 34.2 Å². The van der Waals surface area contributed by atoms with Crippen molar-refractivity contribution in [3.05, 3.63) is 74.2 Å². The minimum atomic E-state index is -1.50. The first kappa shape index (κ1) is 23.5. The normalized spacial score (nSPS) is 15.7. The largest absolute Gasteiger partial charge is 0.383 e. The highest BCUT2D eigenvalue weighted by atomic mass is 127. The highest BCUT2D eigenvalue weighted by molar-refractivity contribution is 14.1. The zero-order valence-electron chi connectivity index (χ0n) is 21.3. The minimum absolute atomic E-state index is 0.0130. The summed E-state index contributed by atoms with van der Waals surface area (Å²) >= 11 is 8.85. The second-order valence-electron chi connectivity index (χ2n) is 10.2. The third-order valence-electron chi connectivity index (χ3n) is 5.94. The van der Waals surface area contributed by atoms with Crippen LogP contribution in [0.15, 0.2) is 48.8 Å². The van der Waals surface area contributed by atoms with Gasteiger partial charge in [0.25, 0.3) is 0 Å². The molecular formula is C27H27ClIN7. The number of fused-ring (bicyclic) bond motifs is 1. The molecule has 0 saturated heterocycles. The minimum Gasteiger partial charge on any atom is -0.383 e. The predicted octanol–water partition coefficient (Wildman–Crippen LogP) is 6.95. The lowest BCUT2D eigenvalue weighted by Crippen LogP contribution is -2.20. The number of nitrogens with one attached hydrogen (secondary N) is 2. The summed E-state index contributed by atoms with van der Waals surface area (Å²) in [7, 11) is 0. The quantitative estimate of drug-likeness (QED) is 0.220. The maximum absolute atomic E-state index is 9.80. The van der Waals surface area contributed by atoms with Gasteiger partial charge < -0.3 is 10.6 Å². The van der Waals surface area contributed by atoms with Gasteiger partial charge in [0.05, 0.1) is 36.4 Å². The molecule has 0 radical (unpaired) electrons. The van der Waals surface area contributed by atoms with Crippen LogP contribution in [0, 0.1) is 20.3 Å². The number of halogens is 2. The number of hydrogen-bond donors (Lipinski definition) is 2. The van der Waals surface area contributed by atoms with Gasteiger partial charge in [-0.25, -0.2) is 4.68 Å². The molecular weight excluding hydrogens is 585 g/mol. The number of hydrogen-bond acceptors (Lipinski definition) is 6. The van der Waals surface area contributed by atoms with Crippen molar-refractivity contribution in [3.63, 3.8) is 0 Å². The summed E-state index contributed by atoms with van der Waals surface area (Å²) in [6.45, 7) is 7.10. The van der Waals surface area contributed by atoms with E-state index < -0.39 is 6.02 Å². The Balaban J connectivity index is 1.64. The molecule has 2 aromatic carbocycles. The standard InChI is InChI=1S/C27H27ClIN7/c1-27(2,3)15-32-24-16(12-30)13-31-25-20(24)10-17(11-22(25)29)33-26(19-6-4-5-7-21(19)28)23-14-36(35-34-23)18-8-9-18/h4-7,10-11,13-14,18,26,33H,8-9,15H2,1-3H3,(H,31,32)/i26D. The molecule has 9 heteroatoms. The Morgan fingerprint density at radius 3 is 2.78 bits per heavy atom. The van der Waals surface area contributed by atoms with Crippen LogP contribution in [0.5, 0.6) is 0 Å². The van der Waals surface area contributed by atoms with Gasteiger partial charge in [0.15, 0.2) is 0 Å². The maximum atomic E-state index is 9.80. The lowest BCUT2D eigenvalue weighted by molar-refractivity contribution is 0.443. The molecule has 1 aliphatic rings. The fraction of sp³-hybridized carbons (Fsp3) is 0.333. The van der Waals surface area contributed by atoms with Crippen LogP contribution in [0.2, 0.25) is 5.02 Å². The van der Waals surface area contributed by atoms with E-state index in [0.717, 1.165) is 33.0 Å². The number of nitrogens with zero attached hydrogens (tertiary/aromatic N) is 5. The van der Waals surface area contributed by atoms with Gasteiger partial charge in [-0.1, -0.05) is 55.8 Å². The molecule has 2 heterocycles. The smallest absolute Gasteiger partial charge is 0.110 e. The van der Waals surface area contributed by atoms with Crippen molar-refractivity contribution in [2.75, 3.05) is 17.2 Å². The second kappa shape index (κ2) is 9.87. The summed E-state index contributed by atoms with van der Waals surface area (Å²) < 4.78 is 12.4. The number of anilines is 2. The van der Waals surface area contributed by atoms with Gasteiger partial charge in [-0.2, -0.15) is 5.26 Å². The summed E-state index contributed by atoms with van der Waals surface area (Å²) in [6.07, 6.45) is 5.57. The average Bonchev–Trinajstić information content (AvgIpc) is 3.57. The molecule has 0 amide bonds. The van der Waals surface area contributed by atoms with Crippen LogP contribution in [0.25, 0.3) is 10.9 Å². The fourth-order valence-corrected chi connectivity index (χ4v) is 4.94. The van der Waals surface area contributed by atoms with E-state index in [4.69, 9.17) is 11.6 Å². The average molecular weight is 613 g/mol. The molecule has 2 aromatic heterocycles. The van der Waals surface area contributed by atoms with E-state index in [1.54, 1.807) is 12.3 Å². The molecule has 1 atom stereocenters. The molecule has 1 fully saturated rings. The van der Waals surface area contributed by atoms with Gasteiger partial charge in [-0.3, -0.25) is 4.98 Å². The number of nitriles is 1. The Kier molecular flexibility index (Phi) is 6.44. The lowest BCUT2D eigenvalue weighted by atomic mass is 9.96. The van der Waals surface area contributed by atoms with E-state index in [1.165, 1.54) is 0 Å². The second-order valence-corrected chi connectivity index (χ2v) is 11.8. The van der Waals surface area contributed by atoms with Crippen molar-refractivity contribution in [1.29, 1.82) is 5.26 Å². The summed E-state index contributed by atoms with van der Waals surface area (Å²) in [5.74, 6) is 0.